The van der Waals surface area contributed by atoms with Crippen LogP contribution in [0.5, 0.6) is 0 Å². The molecule has 2 aliphatic heterocycles. The fraction of sp³-hybridized carbons (Fsp3) is 0. The van der Waals surface area contributed by atoms with Crippen molar-refractivity contribution in [3.63, 3.8) is 0 Å². The van der Waals surface area contributed by atoms with Gasteiger partial charge in [0.1, 0.15) is 0 Å². The van der Waals surface area contributed by atoms with E-state index in [-0.39, 0.29) is 6.71 Å². The van der Waals surface area contributed by atoms with Gasteiger partial charge in [-0.15, -0.1) is 0 Å². The molecule has 55 heavy (non-hydrogen) atoms. The molecular weight excluding hydrogens is 667 g/mol. The van der Waals surface area contributed by atoms with E-state index < -0.39 is 0 Å². The molecule has 252 valence electrons. The van der Waals surface area contributed by atoms with Crippen LogP contribution < -0.4 is 16.4 Å². The van der Waals surface area contributed by atoms with Crippen molar-refractivity contribution in [2.45, 2.75) is 0 Å². The molecule has 0 amide bonds. The van der Waals surface area contributed by atoms with Gasteiger partial charge >= 0.3 is 0 Å². The largest absolute Gasteiger partial charge is 0.310 e. The Labute approximate surface area is 316 Å². The van der Waals surface area contributed by atoms with Crippen molar-refractivity contribution in [3.8, 4) is 45.0 Å². The molecule has 8 aromatic carbocycles. The normalized spacial score (nSPS) is 12.7. The lowest BCUT2D eigenvalue weighted by molar-refractivity contribution is 1.13. The molecule has 0 spiro atoms. The van der Waals surface area contributed by atoms with E-state index >= 15 is 0 Å². The van der Waals surface area contributed by atoms with Crippen molar-refractivity contribution in [1.82, 2.24) is 19.1 Å². The molecule has 5 heteroatoms. The second-order valence-corrected chi connectivity index (χ2v) is 15.0. The average molecular weight is 697 g/mol. The summed E-state index contributed by atoms with van der Waals surface area (Å²) in [6.07, 6.45) is 1.96. The third-order valence-electron chi connectivity index (χ3n) is 12.1. The lowest BCUT2D eigenvalue weighted by Gasteiger charge is -2.34. The third kappa shape index (κ3) is 3.91. The number of para-hydroxylation sites is 3. The van der Waals surface area contributed by atoms with Crippen LogP contribution in [0.2, 0.25) is 0 Å². The van der Waals surface area contributed by atoms with Crippen molar-refractivity contribution in [3.05, 3.63) is 176 Å². The maximum atomic E-state index is 5.15. The highest BCUT2D eigenvalue weighted by atomic mass is 15.0. The number of hydrogen-bond acceptors (Lipinski definition) is 2. The minimum atomic E-state index is 0.0554. The van der Waals surface area contributed by atoms with Crippen LogP contribution in [-0.2, 0) is 0 Å². The monoisotopic (exact) mass is 696 g/mol. The first-order valence-corrected chi connectivity index (χ1v) is 18.9. The molecule has 2 aliphatic rings. The van der Waals surface area contributed by atoms with Gasteiger partial charge in [0.2, 0.25) is 0 Å². The minimum absolute atomic E-state index is 0.0554. The van der Waals surface area contributed by atoms with Gasteiger partial charge in [0.15, 0.2) is 5.82 Å². The summed E-state index contributed by atoms with van der Waals surface area (Å²) >= 11 is 0. The highest BCUT2D eigenvalue weighted by Crippen LogP contribution is 2.42. The predicted molar refractivity (Wildman–Crippen MR) is 229 cm³/mol. The molecule has 4 nitrogen and oxygen atoms in total. The van der Waals surface area contributed by atoms with E-state index in [9.17, 15) is 0 Å². The Morgan fingerprint density at radius 3 is 1.55 bits per heavy atom. The van der Waals surface area contributed by atoms with Gasteiger partial charge in [-0.3, -0.25) is 0 Å². The second-order valence-electron chi connectivity index (χ2n) is 15.0. The predicted octanol–water partition coefficient (Wildman–Crippen LogP) is 9.97. The molecule has 0 unspecified atom stereocenters. The minimum Gasteiger partial charge on any atom is -0.310 e. The van der Waals surface area contributed by atoms with Crippen molar-refractivity contribution >= 4 is 77.6 Å². The van der Waals surface area contributed by atoms with Crippen LogP contribution in [0.1, 0.15) is 0 Å². The summed E-state index contributed by atoms with van der Waals surface area (Å²) in [6, 6.07) is 62.1. The summed E-state index contributed by atoms with van der Waals surface area (Å²) in [5, 5.41) is 6.10. The molecule has 3 aromatic heterocycles. The number of benzene rings is 8. The zero-order chi connectivity index (χ0) is 35.8. The van der Waals surface area contributed by atoms with E-state index in [2.05, 4.69) is 167 Å². The van der Waals surface area contributed by atoms with Crippen molar-refractivity contribution in [2.24, 2.45) is 0 Å². The van der Waals surface area contributed by atoms with Gasteiger partial charge in [0.25, 0.3) is 6.71 Å². The highest BCUT2D eigenvalue weighted by Gasteiger charge is 2.41. The molecule has 0 saturated carbocycles. The van der Waals surface area contributed by atoms with Gasteiger partial charge in [-0.05, 0) is 81.1 Å². The second kappa shape index (κ2) is 10.7. The Morgan fingerprint density at radius 1 is 0.418 bits per heavy atom. The quantitative estimate of drug-likeness (QED) is 0.173. The van der Waals surface area contributed by atoms with Gasteiger partial charge in [0.05, 0.1) is 16.6 Å². The zero-order valence-corrected chi connectivity index (χ0v) is 29.6. The number of nitrogens with zero attached hydrogens (tertiary/aromatic N) is 4. The van der Waals surface area contributed by atoms with E-state index in [1.54, 1.807) is 0 Å². The van der Waals surface area contributed by atoms with Crippen molar-refractivity contribution in [2.75, 3.05) is 0 Å². The fourth-order valence-corrected chi connectivity index (χ4v) is 9.79. The fourth-order valence-electron chi connectivity index (χ4n) is 9.79. The van der Waals surface area contributed by atoms with E-state index in [1.165, 1.54) is 93.6 Å². The summed E-state index contributed by atoms with van der Waals surface area (Å²) < 4.78 is 5.05. The number of fused-ring (bicyclic) bond motifs is 11. The van der Waals surface area contributed by atoms with E-state index in [0.717, 1.165) is 22.3 Å². The summed E-state index contributed by atoms with van der Waals surface area (Å²) in [6.45, 7) is 0.0554. The van der Waals surface area contributed by atoms with Gasteiger partial charge in [0, 0.05) is 61.1 Å². The van der Waals surface area contributed by atoms with Crippen LogP contribution in [0, 0.1) is 0 Å². The Morgan fingerprint density at radius 2 is 0.964 bits per heavy atom. The SMILES string of the molecule is c1ccc(-c2ccc3c(c2)c2cccc4c2n3-c2cc(-c3ncc5ccccc5n3)cc3c2B4c2cccc4c5cc(-c6ccccc6)ccc5n-3c24)cc1. The molecule has 0 N–H and O–H groups in total. The maximum absolute atomic E-state index is 5.15. The lowest BCUT2D eigenvalue weighted by Crippen LogP contribution is -2.59. The first-order chi connectivity index (χ1) is 27.3. The smallest absolute Gasteiger partial charge is 0.252 e. The lowest BCUT2D eigenvalue weighted by atomic mass is 9.34. The van der Waals surface area contributed by atoms with Crippen LogP contribution in [0.25, 0.3) is 99.5 Å². The molecule has 0 saturated heterocycles. The number of rotatable bonds is 3. The molecule has 0 atom stereocenters. The Kier molecular flexibility index (Phi) is 5.68. The third-order valence-corrected chi connectivity index (χ3v) is 12.1. The zero-order valence-electron chi connectivity index (χ0n) is 29.6. The maximum Gasteiger partial charge on any atom is 0.252 e. The van der Waals surface area contributed by atoms with Crippen LogP contribution in [0.15, 0.2) is 176 Å². The Hall–Kier alpha value is -7.24. The molecule has 13 rings (SSSR count). The molecule has 11 aromatic rings. The van der Waals surface area contributed by atoms with Gasteiger partial charge < -0.3 is 9.13 Å². The summed E-state index contributed by atoms with van der Waals surface area (Å²) in [4.78, 5) is 10.1. The summed E-state index contributed by atoms with van der Waals surface area (Å²) in [5.41, 5.74) is 18.2. The van der Waals surface area contributed by atoms with Crippen LogP contribution in [0.4, 0.5) is 0 Å². The number of aromatic nitrogens is 4. The summed E-state index contributed by atoms with van der Waals surface area (Å²) in [7, 11) is 0. The van der Waals surface area contributed by atoms with E-state index in [1.807, 2.05) is 18.3 Å². The molecular formula is C50H29BN4. The first kappa shape index (κ1) is 29.2. The van der Waals surface area contributed by atoms with Gasteiger partial charge in [-0.1, -0.05) is 127 Å². The van der Waals surface area contributed by atoms with Gasteiger partial charge in [-0.2, -0.15) is 0 Å². The average Bonchev–Trinajstić information content (AvgIpc) is 3.77. The van der Waals surface area contributed by atoms with Crippen molar-refractivity contribution < 1.29 is 0 Å². The highest BCUT2D eigenvalue weighted by molar-refractivity contribution is 7.00. The van der Waals surface area contributed by atoms with E-state index in [4.69, 9.17) is 9.97 Å². The Balaban J connectivity index is 1.17. The Bertz CT molecular complexity index is 3250. The standard InChI is InChI=1S/C50H29BN4/c1-3-11-30(12-4-1)32-21-23-43-38(25-32)36-16-9-18-40-48(36)54(43)45-27-35(50-52-29-34-15-7-8-20-42(34)53-50)28-46-47(45)51(40)41-19-10-17-37-39-26-33(31-13-5-2-6-14-31)22-24-44(39)55(46)49(37)41/h1-29H. The molecule has 0 fully saturated rings. The molecule has 5 heterocycles. The molecule has 0 aliphatic carbocycles. The summed E-state index contributed by atoms with van der Waals surface area (Å²) in [5.74, 6) is 0.727. The molecule has 0 bridgehead atoms. The van der Waals surface area contributed by atoms with Crippen LogP contribution in [0.3, 0.4) is 0 Å². The van der Waals surface area contributed by atoms with Crippen molar-refractivity contribution in [1.29, 1.82) is 0 Å². The van der Waals surface area contributed by atoms with E-state index in [0.29, 0.717) is 0 Å². The van der Waals surface area contributed by atoms with Crippen LogP contribution in [-0.4, -0.2) is 25.8 Å². The number of hydrogen-bond donors (Lipinski definition) is 0. The van der Waals surface area contributed by atoms with Crippen LogP contribution >= 0.6 is 0 Å². The first-order valence-electron chi connectivity index (χ1n) is 18.9. The topological polar surface area (TPSA) is 35.6 Å². The molecule has 0 radical (unpaired) electrons. The van der Waals surface area contributed by atoms with Gasteiger partial charge in [-0.25, -0.2) is 9.97 Å².